The molecule has 0 saturated heterocycles. The van der Waals surface area contributed by atoms with Crippen molar-refractivity contribution < 1.29 is 18.0 Å². The molecule has 2 aromatic carbocycles. The van der Waals surface area contributed by atoms with Gasteiger partial charge in [-0.15, -0.1) is 0 Å². The van der Waals surface area contributed by atoms with Crippen molar-refractivity contribution in [2.75, 3.05) is 12.4 Å². The highest BCUT2D eigenvalue weighted by atomic mass is 32.2. The molecule has 0 aliphatic heterocycles. The number of amides is 1. The van der Waals surface area contributed by atoms with E-state index < -0.39 is 21.7 Å². The van der Waals surface area contributed by atoms with E-state index in [0.29, 0.717) is 11.3 Å². The molecule has 0 aromatic heterocycles. The zero-order valence-electron chi connectivity index (χ0n) is 16.7. The molecule has 2 aromatic rings. The number of aryl methyl sites for hydroxylation is 1. The van der Waals surface area contributed by atoms with Crippen LogP contribution in [0.25, 0.3) is 0 Å². The Hall–Kier alpha value is -2.51. The van der Waals surface area contributed by atoms with E-state index in [2.05, 4.69) is 5.32 Å². The Morgan fingerprint density at radius 1 is 0.931 bits per heavy atom. The second-order valence-corrected chi connectivity index (χ2v) is 9.48. The van der Waals surface area contributed by atoms with E-state index in [1.807, 2.05) is 6.92 Å². The highest BCUT2D eigenvalue weighted by Crippen LogP contribution is 2.27. The summed E-state index contributed by atoms with van der Waals surface area (Å²) in [5.74, 6) is -1.40. The molecule has 1 aliphatic carbocycles. The molecule has 1 N–H and O–H groups in total. The van der Waals surface area contributed by atoms with Crippen molar-refractivity contribution in [1.29, 1.82) is 0 Å². The number of rotatable bonds is 6. The second-order valence-electron chi connectivity index (χ2n) is 7.49. The van der Waals surface area contributed by atoms with Gasteiger partial charge in [0.2, 0.25) is 10.0 Å². The molecule has 0 spiro atoms. The van der Waals surface area contributed by atoms with E-state index >= 15 is 0 Å². The van der Waals surface area contributed by atoms with Gasteiger partial charge in [0.25, 0.3) is 11.7 Å². The van der Waals surface area contributed by atoms with Crippen molar-refractivity contribution in [2.45, 2.75) is 50.0 Å². The summed E-state index contributed by atoms with van der Waals surface area (Å²) in [4.78, 5) is 24.6. The number of sulfonamides is 1. The third-order valence-corrected chi connectivity index (χ3v) is 7.32. The van der Waals surface area contributed by atoms with Crippen molar-refractivity contribution in [3.8, 4) is 0 Å². The van der Waals surface area contributed by atoms with E-state index in [9.17, 15) is 18.0 Å². The molecule has 0 bridgehead atoms. The summed E-state index contributed by atoms with van der Waals surface area (Å²) >= 11 is 0. The van der Waals surface area contributed by atoms with Crippen LogP contribution in [0.1, 0.15) is 48.0 Å². The van der Waals surface area contributed by atoms with Crippen molar-refractivity contribution in [3.05, 3.63) is 59.7 Å². The van der Waals surface area contributed by atoms with Crippen LogP contribution < -0.4 is 5.32 Å². The van der Waals surface area contributed by atoms with Crippen LogP contribution in [0.3, 0.4) is 0 Å². The van der Waals surface area contributed by atoms with Gasteiger partial charge in [0.15, 0.2) is 0 Å². The lowest BCUT2D eigenvalue weighted by molar-refractivity contribution is -0.112. The largest absolute Gasteiger partial charge is 0.319 e. The van der Waals surface area contributed by atoms with Crippen molar-refractivity contribution in [1.82, 2.24) is 4.31 Å². The number of nitrogens with zero attached hydrogens (tertiary/aromatic N) is 1. The van der Waals surface area contributed by atoms with Gasteiger partial charge in [0.05, 0.1) is 4.90 Å². The molecule has 0 heterocycles. The maximum Gasteiger partial charge on any atom is 0.296 e. The monoisotopic (exact) mass is 414 g/mol. The number of carbonyl (C=O) groups excluding carboxylic acids is 2. The van der Waals surface area contributed by atoms with Crippen LogP contribution in [0, 0.1) is 6.92 Å². The Bertz CT molecular complexity index is 976. The number of hydrogen-bond donors (Lipinski definition) is 1. The molecule has 1 saturated carbocycles. The molecule has 6 nitrogen and oxygen atoms in total. The Kier molecular flexibility index (Phi) is 6.49. The fourth-order valence-corrected chi connectivity index (χ4v) is 4.96. The molecular weight excluding hydrogens is 388 g/mol. The lowest BCUT2D eigenvalue weighted by Crippen LogP contribution is -2.38. The number of anilines is 1. The van der Waals surface area contributed by atoms with E-state index in [1.54, 1.807) is 31.3 Å². The van der Waals surface area contributed by atoms with Gasteiger partial charge >= 0.3 is 0 Å². The van der Waals surface area contributed by atoms with Gasteiger partial charge in [-0.05, 0) is 44.0 Å². The first-order valence-corrected chi connectivity index (χ1v) is 11.2. The maximum absolute atomic E-state index is 12.9. The van der Waals surface area contributed by atoms with Crippen molar-refractivity contribution >= 4 is 27.4 Å². The van der Waals surface area contributed by atoms with Crippen LogP contribution >= 0.6 is 0 Å². The molecule has 1 amide bonds. The average molecular weight is 415 g/mol. The fraction of sp³-hybridized carbons (Fsp3) is 0.364. The maximum atomic E-state index is 12.9. The fourth-order valence-electron chi connectivity index (χ4n) is 3.54. The third-order valence-electron chi connectivity index (χ3n) is 5.40. The zero-order chi connectivity index (χ0) is 21.0. The summed E-state index contributed by atoms with van der Waals surface area (Å²) in [7, 11) is -1.97. The Morgan fingerprint density at radius 2 is 1.52 bits per heavy atom. The van der Waals surface area contributed by atoms with E-state index in [-0.39, 0.29) is 10.9 Å². The van der Waals surface area contributed by atoms with Gasteiger partial charge in [0.1, 0.15) is 0 Å². The average Bonchev–Trinajstić information content (AvgIpc) is 2.74. The third kappa shape index (κ3) is 4.92. The standard InChI is InChI=1S/C22H26N2O4S/c1-16-8-10-17(11-9-16)21(25)22(26)23-18-12-14-20(15-13-18)29(27,28)24(2)19-6-4-3-5-7-19/h8-15,19H,3-7H2,1-2H3,(H,23,26). The molecule has 29 heavy (non-hydrogen) atoms. The van der Waals surface area contributed by atoms with Gasteiger partial charge in [-0.1, -0.05) is 49.1 Å². The van der Waals surface area contributed by atoms with Gasteiger partial charge in [-0.25, -0.2) is 8.42 Å². The molecule has 7 heteroatoms. The van der Waals surface area contributed by atoms with Crippen LogP contribution in [-0.4, -0.2) is 37.5 Å². The van der Waals surface area contributed by atoms with Gasteiger partial charge in [-0.2, -0.15) is 4.31 Å². The normalized spacial score (nSPS) is 15.3. The summed E-state index contributed by atoms with van der Waals surface area (Å²) < 4.78 is 27.2. The summed E-state index contributed by atoms with van der Waals surface area (Å²) in [6, 6.07) is 12.7. The summed E-state index contributed by atoms with van der Waals surface area (Å²) in [5, 5.41) is 2.53. The molecule has 3 rings (SSSR count). The summed E-state index contributed by atoms with van der Waals surface area (Å²) in [5.41, 5.74) is 1.67. The predicted molar refractivity (Wildman–Crippen MR) is 112 cm³/mol. The Labute approximate surface area is 172 Å². The topological polar surface area (TPSA) is 83.5 Å². The van der Waals surface area contributed by atoms with Crippen LogP contribution in [0.15, 0.2) is 53.4 Å². The molecule has 154 valence electrons. The second kappa shape index (κ2) is 8.88. The van der Waals surface area contributed by atoms with Crippen molar-refractivity contribution in [3.63, 3.8) is 0 Å². The highest BCUT2D eigenvalue weighted by molar-refractivity contribution is 7.89. The van der Waals surface area contributed by atoms with Crippen molar-refractivity contribution in [2.24, 2.45) is 0 Å². The predicted octanol–water partition coefficient (Wildman–Crippen LogP) is 3.77. The van der Waals surface area contributed by atoms with E-state index in [4.69, 9.17) is 0 Å². The molecule has 0 unspecified atom stereocenters. The SMILES string of the molecule is Cc1ccc(C(=O)C(=O)Nc2ccc(S(=O)(=O)N(C)C3CCCCC3)cc2)cc1. The molecule has 0 atom stereocenters. The molecule has 0 radical (unpaired) electrons. The number of carbonyl (C=O) groups is 2. The van der Waals surface area contributed by atoms with Gasteiger partial charge in [-0.3, -0.25) is 9.59 Å². The summed E-state index contributed by atoms with van der Waals surface area (Å²) in [6.45, 7) is 1.90. The minimum atomic E-state index is -3.59. The first kappa shape index (κ1) is 21.2. The van der Waals surface area contributed by atoms with Gasteiger partial charge < -0.3 is 5.32 Å². The smallest absolute Gasteiger partial charge is 0.296 e. The lowest BCUT2D eigenvalue weighted by Gasteiger charge is -2.30. The number of ketones is 1. The number of nitrogens with one attached hydrogen (secondary N) is 1. The minimum Gasteiger partial charge on any atom is -0.319 e. The first-order chi connectivity index (χ1) is 13.8. The number of hydrogen-bond acceptors (Lipinski definition) is 4. The van der Waals surface area contributed by atoms with Crippen LogP contribution in [-0.2, 0) is 14.8 Å². The highest BCUT2D eigenvalue weighted by Gasteiger charge is 2.29. The molecule has 1 fully saturated rings. The first-order valence-electron chi connectivity index (χ1n) is 9.79. The zero-order valence-corrected chi connectivity index (χ0v) is 17.5. The number of benzene rings is 2. The number of Topliss-reactive ketones (excluding diaryl/α,β-unsaturated/α-hetero) is 1. The quantitative estimate of drug-likeness (QED) is 0.576. The van der Waals surface area contributed by atoms with E-state index in [0.717, 1.165) is 37.7 Å². The lowest BCUT2D eigenvalue weighted by atomic mass is 9.96. The molecule has 1 aliphatic rings. The Morgan fingerprint density at radius 3 is 2.10 bits per heavy atom. The minimum absolute atomic E-state index is 0.0280. The summed E-state index contributed by atoms with van der Waals surface area (Å²) in [6.07, 6.45) is 5.01. The van der Waals surface area contributed by atoms with Crippen LogP contribution in [0.4, 0.5) is 5.69 Å². The van der Waals surface area contributed by atoms with Crippen LogP contribution in [0.2, 0.25) is 0 Å². The Balaban J connectivity index is 1.68. The van der Waals surface area contributed by atoms with Crippen LogP contribution in [0.5, 0.6) is 0 Å². The molecular formula is C22H26N2O4S. The van der Waals surface area contributed by atoms with Gasteiger partial charge in [0, 0.05) is 24.3 Å². The van der Waals surface area contributed by atoms with E-state index in [1.165, 1.54) is 28.6 Å².